The first-order chi connectivity index (χ1) is 11.8. The molecular weight excluding hydrogens is 322 g/mol. The number of carbonyl (C=O) groups excluding carboxylic acids is 1. The van der Waals surface area contributed by atoms with E-state index in [1.807, 2.05) is 30.3 Å². The van der Waals surface area contributed by atoms with Crippen molar-refractivity contribution in [1.29, 1.82) is 5.26 Å². The number of likely N-dealkylation sites (tertiary alicyclic amines) is 1. The average Bonchev–Trinajstić information content (AvgIpc) is 2.59. The summed E-state index contributed by atoms with van der Waals surface area (Å²) in [5.74, 6) is 1.25. The Morgan fingerprint density at radius 1 is 1.29 bits per heavy atom. The largest absolute Gasteiger partial charge is 0.470 e. The van der Waals surface area contributed by atoms with Crippen molar-refractivity contribution in [3.05, 3.63) is 54.2 Å². The van der Waals surface area contributed by atoms with Crippen LogP contribution in [0.1, 0.15) is 12.0 Å². The van der Waals surface area contributed by atoms with Crippen LogP contribution in [-0.2, 0) is 4.79 Å². The van der Waals surface area contributed by atoms with Gasteiger partial charge in [0.05, 0.1) is 13.1 Å². The Balaban J connectivity index is 1.40. The van der Waals surface area contributed by atoms with Crippen LogP contribution in [0, 0.1) is 11.3 Å². The fraction of sp³-hybridized carbons (Fsp3) is 0.278. The molecule has 5 nitrogen and oxygen atoms in total. The molecule has 2 aromatic rings. The molecule has 0 N–H and O–H groups in total. The highest BCUT2D eigenvalue weighted by Crippen LogP contribution is 2.22. The van der Waals surface area contributed by atoms with Crippen LogP contribution in [0.25, 0.3) is 0 Å². The molecule has 6 heteroatoms. The molecule has 1 aliphatic rings. The van der Waals surface area contributed by atoms with Crippen LogP contribution in [0.3, 0.4) is 0 Å². The molecule has 1 fully saturated rings. The van der Waals surface area contributed by atoms with E-state index in [1.54, 1.807) is 35.0 Å². The molecule has 1 aliphatic heterocycles. The molecule has 24 heavy (non-hydrogen) atoms. The summed E-state index contributed by atoms with van der Waals surface area (Å²) in [5, 5.41) is 9.02. The maximum Gasteiger partial charge on any atom is 0.232 e. The molecule has 0 unspecified atom stereocenters. The van der Waals surface area contributed by atoms with Crippen molar-refractivity contribution in [2.24, 2.45) is 0 Å². The van der Waals surface area contributed by atoms with Gasteiger partial charge in [-0.05, 0) is 24.3 Å². The van der Waals surface area contributed by atoms with E-state index in [9.17, 15) is 4.79 Å². The van der Waals surface area contributed by atoms with Crippen molar-refractivity contribution in [3.8, 4) is 11.9 Å². The molecular formula is C18H17N3O2S. The highest BCUT2D eigenvalue weighted by atomic mass is 32.2. The lowest BCUT2D eigenvalue weighted by atomic mass is 10.1. The number of hydrogen-bond donors (Lipinski definition) is 0. The molecule has 0 aliphatic carbocycles. The molecule has 0 saturated carbocycles. The minimum Gasteiger partial charge on any atom is -0.470 e. The average molecular weight is 339 g/mol. The van der Waals surface area contributed by atoms with Gasteiger partial charge < -0.3 is 9.64 Å². The van der Waals surface area contributed by atoms with Crippen molar-refractivity contribution < 1.29 is 9.53 Å². The van der Waals surface area contributed by atoms with Crippen LogP contribution in [0.5, 0.6) is 5.88 Å². The monoisotopic (exact) mass is 339 g/mol. The predicted octanol–water partition coefficient (Wildman–Crippen LogP) is 2.73. The number of nitrogens with zero attached hydrogens (tertiary/aromatic N) is 3. The van der Waals surface area contributed by atoms with Gasteiger partial charge in [-0.3, -0.25) is 4.79 Å². The van der Waals surface area contributed by atoms with E-state index in [0.717, 1.165) is 5.75 Å². The first-order valence-electron chi connectivity index (χ1n) is 7.73. The highest BCUT2D eigenvalue weighted by Gasteiger charge is 2.32. The van der Waals surface area contributed by atoms with Gasteiger partial charge in [0.2, 0.25) is 11.8 Å². The summed E-state index contributed by atoms with van der Waals surface area (Å²) in [6, 6.07) is 15.5. The fourth-order valence-electron chi connectivity index (χ4n) is 2.38. The van der Waals surface area contributed by atoms with Gasteiger partial charge in [0, 0.05) is 23.3 Å². The van der Waals surface area contributed by atoms with Crippen LogP contribution < -0.4 is 4.74 Å². The molecule has 1 amide bonds. The topological polar surface area (TPSA) is 66.2 Å². The van der Waals surface area contributed by atoms with Gasteiger partial charge in [-0.1, -0.05) is 18.2 Å². The Kier molecular flexibility index (Phi) is 5.34. The minimum absolute atomic E-state index is 0.0854. The summed E-state index contributed by atoms with van der Waals surface area (Å²) >= 11 is 1.68. The molecule has 1 aromatic heterocycles. The number of thioether (sulfide) groups is 1. The lowest BCUT2D eigenvalue weighted by molar-refractivity contribution is -0.139. The molecule has 3 rings (SSSR count). The second-order valence-corrected chi connectivity index (χ2v) is 6.59. The Hall–Kier alpha value is -2.52. The summed E-state index contributed by atoms with van der Waals surface area (Å²) in [7, 11) is 0. The Morgan fingerprint density at radius 3 is 2.83 bits per heavy atom. The number of nitriles is 1. The van der Waals surface area contributed by atoms with E-state index in [-0.39, 0.29) is 12.0 Å². The van der Waals surface area contributed by atoms with E-state index < -0.39 is 0 Å². The Labute approximate surface area is 145 Å². The van der Waals surface area contributed by atoms with Gasteiger partial charge in [-0.15, -0.1) is 11.8 Å². The zero-order valence-electron chi connectivity index (χ0n) is 13.1. The second-order valence-electron chi connectivity index (χ2n) is 5.42. The van der Waals surface area contributed by atoms with Crippen LogP contribution in [0.15, 0.2) is 53.6 Å². The smallest absolute Gasteiger partial charge is 0.232 e. The molecule has 0 bridgehead atoms. The molecule has 2 heterocycles. The third-order valence-electron chi connectivity index (χ3n) is 3.70. The van der Waals surface area contributed by atoms with Gasteiger partial charge in [0.25, 0.3) is 0 Å². The SMILES string of the molecule is N#Cc1cccnc1OC1CN(C(=O)CCSc2ccccc2)C1. The van der Waals surface area contributed by atoms with Crippen LogP contribution >= 0.6 is 11.8 Å². The quantitative estimate of drug-likeness (QED) is 0.757. The Bertz CT molecular complexity index is 739. The van der Waals surface area contributed by atoms with Gasteiger partial charge in [-0.2, -0.15) is 5.26 Å². The van der Waals surface area contributed by atoms with Crippen molar-refractivity contribution in [1.82, 2.24) is 9.88 Å². The third kappa shape index (κ3) is 4.06. The number of ether oxygens (including phenoxy) is 1. The summed E-state index contributed by atoms with van der Waals surface area (Å²) in [5.41, 5.74) is 0.418. The molecule has 0 atom stereocenters. The predicted molar refractivity (Wildman–Crippen MR) is 91.7 cm³/mol. The number of pyridine rings is 1. The highest BCUT2D eigenvalue weighted by molar-refractivity contribution is 7.99. The number of aromatic nitrogens is 1. The summed E-state index contributed by atoms with van der Waals surface area (Å²) in [6.07, 6.45) is 2.02. The van der Waals surface area contributed by atoms with Crippen LogP contribution in [0.4, 0.5) is 0 Å². The number of amides is 1. The van der Waals surface area contributed by atoms with Crippen LogP contribution in [0.2, 0.25) is 0 Å². The van der Waals surface area contributed by atoms with E-state index in [2.05, 4.69) is 11.1 Å². The zero-order chi connectivity index (χ0) is 16.8. The number of rotatable bonds is 6. The van der Waals surface area contributed by atoms with Crippen molar-refractivity contribution in [2.45, 2.75) is 17.4 Å². The minimum atomic E-state index is -0.0854. The number of carbonyl (C=O) groups is 1. The molecule has 1 aromatic carbocycles. The zero-order valence-corrected chi connectivity index (χ0v) is 13.9. The van der Waals surface area contributed by atoms with Gasteiger partial charge >= 0.3 is 0 Å². The molecule has 0 radical (unpaired) electrons. The van der Waals surface area contributed by atoms with Crippen molar-refractivity contribution in [3.63, 3.8) is 0 Å². The van der Waals surface area contributed by atoms with E-state index >= 15 is 0 Å². The van der Waals surface area contributed by atoms with Gasteiger partial charge in [0.15, 0.2) is 0 Å². The lowest BCUT2D eigenvalue weighted by Gasteiger charge is -2.38. The number of benzene rings is 1. The van der Waals surface area contributed by atoms with Gasteiger partial charge in [0.1, 0.15) is 17.7 Å². The number of hydrogen-bond acceptors (Lipinski definition) is 5. The van der Waals surface area contributed by atoms with E-state index in [1.165, 1.54) is 4.90 Å². The van der Waals surface area contributed by atoms with Gasteiger partial charge in [-0.25, -0.2) is 4.98 Å². The standard InChI is InChI=1S/C18H17N3O2S/c19-11-14-5-4-9-20-18(14)23-15-12-21(13-15)17(22)8-10-24-16-6-2-1-3-7-16/h1-7,9,15H,8,10,12-13H2. The molecule has 0 spiro atoms. The lowest BCUT2D eigenvalue weighted by Crippen LogP contribution is -2.56. The first-order valence-corrected chi connectivity index (χ1v) is 8.72. The second kappa shape index (κ2) is 7.84. The van der Waals surface area contributed by atoms with Crippen molar-refractivity contribution in [2.75, 3.05) is 18.8 Å². The third-order valence-corrected chi connectivity index (χ3v) is 4.71. The normalized spacial score (nSPS) is 13.9. The fourth-order valence-corrected chi connectivity index (χ4v) is 3.24. The van der Waals surface area contributed by atoms with E-state index in [4.69, 9.17) is 10.00 Å². The summed E-state index contributed by atoms with van der Waals surface area (Å²) in [4.78, 5) is 19.2. The summed E-state index contributed by atoms with van der Waals surface area (Å²) in [6.45, 7) is 1.10. The first kappa shape index (κ1) is 16.3. The maximum atomic E-state index is 12.1. The summed E-state index contributed by atoms with van der Waals surface area (Å²) < 4.78 is 5.69. The molecule has 1 saturated heterocycles. The molecule has 122 valence electrons. The van der Waals surface area contributed by atoms with E-state index in [0.29, 0.717) is 31.0 Å². The Morgan fingerprint density at radius 2 is 2.08 bits per heavy atom. The van der Waals surface area contributed by atoms with Crippen LogP contribution in [-0.4, -0.2) is 40.7 Å². The van der Waals surface area contributed by atoms with Crippen molar-refractivity contribution >= 4 is 17.7 Å². The maximum absolute atomic E-state index is 12.1.